The highest BCUT2D eigenvalue weighted by molar-refractivity contribution is 6.67. The van der Waals surface area contributed by atoms with Crippen LogP contribution in [0.2, 0.25) is 0 Å². The summed E-state index contributed by atoms with van der Waals surface area (Å²) < 4.78 is 0. The Morgan fingerprint density at radius 3 is 1.80 bits per heavy atom. The quantitative estimate of drug-likeness (QED) is 0.273. The van der Waals surface area contributed by atoms with E-state index in [4.69, 9.17) is 77.0 Å². The third-order valence-electron chi connectivity index (χ3n) is 4.83. The number of hydrogen-bond acceptors (Lipinski definition) is 2. The van der Waals surface area contributed by atoms with E-state index in [1.807, 2.05) is 13.8 Å². The molecule has 2 N–H and O–H groups in total. The molecule has 0 aliphatic heterocycles. The maximum Gasteiger partial charge on any atom is 0.125 e. The Morgan fingerprint density at radius 2 is 1.37 bits per heavy atom. The van der Waals surface area contributed by atoms with Gasteiger partial charge in [0.05, 0.1) is 6.10 Å². The van der Waals surface area contributed by atoms with Crippen LogP contribution in [0.4, 0.5) is 0 Å². The Kier molecular flexibility index (Phi) is 10.2. The Hall–Kier alpha value is -1.24. The van der Waals surface area contributed by atoms with E-state index < -0.39 is 12.0 Å². The van der Waals surface area contributed by atoms with E-state index >= 15 is 0 Å². The summed E-state index contributed by atoms with van der Waals surface area (Å²) in [7, 11) is 53.9. The molecular formula is C19H16B9NO. The minimum atomic E-state index is -0.985. The van der Waals surface area contributed by atoms with Gasteiger partial charge in [-0.25, -0.2) is 0 Å². The molecule has 1 aromatic carbocycles. The molecule has 2 nitrogen and oxygen atoms in total. The van der Waals surface area contributed by atoms with Crippen molar-refractivity contribution in [1.82, 2.24) is 5.32 Å². The summed E-state index contributed by atoms with van der Waals surface area (Å²) in [6.45, 7) is 4.07. The normalized spacial score (nSPS) is 15.2. The Labute approximate surface area is 193 Å². The highest BCUT2D eigenvalue weighted by Gasteiger charge is 2.26. The Bertz CT molecular complexity index is 873. The van der Waals surface area contributed by atoms with Crippen LogP contribution in [-0.4, -0.2) is 94.4 Å². The molecule has 0 amide bonds. The largest absolute Gasteiger partial charge is 0.391 e. The van der Waals surface area contributed by atoms with Gasteiger partial charge in [0.15, 0.2) is 0 Å². The molecule has 0 aromatic heterocycles. The van der Waals surface area contributed by atoms with Crippen molar-refractivity contribution in [3.63, 3.8) is 0 Å². The molecule has 0 saturated carbocycles. The molecule has 0 saturated heterocycles. The van der Waals surface area contributed by atoms with Gasteiger partial charge in [-0.1, -0.05) is 30.8 Å². The van der Waals surface area contributed by atoms with Crippen molar-refractivity contribution >= 4 is 97.9 Å². The highest BCUT2D eigenvalue weighted by Crippen LogP contribution is 2.26. The van der Waals surface area contributed by atoms with Gasteiger partial charge in [-0.15, -0.1) is 50.2 Å². The number of hydrogen-bond donors (Lipinski definition) is 2. The van der Waals surface area contributed by atoms with E-state index in [2.05, 4.69) is 11.2 Å². The maximum absolute atomic E-state index is 10.9. The van der Waals surface area contributed by atoms with Crippen LogP contribution in [0.3, 0.4) is 0 Å². The van der Waals surface area contributed by atoms with Gasteiger partial charge in [0.2, 0.25) is 0 Å². The molecule has 11 heteroatoms. The van der Waals surface area contributed by atoms with Gasteiger partial charge in [0.25, 0.3) is 0 Å². The average Bonchev–Trinajstić information content (AvgIpc) is 2.71. The summed E-state index contributed by atoms with van der Waals surface area (Å²) in [5.74, 6) is 1.46. The second-order valence-electron chi connectivity index (χ2n) is 7.33. The molecule has 0 spiro atoms. The van der Waals surface area contributed by atoms with E-state index in [1.165, 1.54) is 0 Å². The third-order valence-corrected chi connectivity index (χ3v) is 4.83. The first-order valence-electron chi connectivity index (χ1n) is 9.23. The zero-order chi connectivity index (χ0) is 23.3. The molecule has 30 heavy (non-hydrogen) atoms. The van der Waals surface area contributed by atoms with Crippen LogP contribution in [-0.2, 0) is 0 Å². The summed E-state index contributed by atoms with van der Waals surface area (Å²) in [5.41, 5.74) is 0.751. The molecule has 2 atom stereocenters. The van der Waals surface area contributed by atoms with Crippen molar-refractivity contribution < 1.29 is 5.11 Å². The van der Waals surface area contributed by atoms with Crippen LogP contribution in [0.5, 0.6) is 0 Å². The molecule has 2 unspecified atom stereocenters. The van der Waals surface area contributed by atoms with E-state index in [1.54, 1.807) is 0 Å². The average molecular weight is 372 g/mol. The van der Waals surface area contributed by atoms with Crippen LogP contribution < -0.4 is 32.6 Å². The van der Waals surface area contributed by atoms with E-state index in [9.17, 15) is 5.11 Å². The van der Waals surface area contributed by atoms with Crippen molar-refractivity contribution in [3.05, 3.63) is 27.5 Å². The smallest absolute Gasteiger partial charge is 0.125 e. The second kappa shape index (κ2) is 11.4. The molecule has 0 fully saturated rings. The molecule has 0 aliphatic carbocycles. The standard InChI is InChI=1S/C19H16B9NO/c1-4-9(20)13(22)14(23)10(21)5-8(11(30)6-29-7(2)3)12-15(24)17(26)19(28)18(27)16(12)25/h1,7-8,11,29-30H,5-6H2,2-3H3/b13-9-,14-10-. The first kappa shape index (κ1) is 26.8. The number of aliphatic hydroxyl groups is 1. The van der Waals surface area contributed by atoms with Crippen LogP contribution in [0.15, 0.2) is 21.9 Å². The molecule has 0 aliphatic rings. The Balaban J connectivity index is 3.59. The summed E-state index contributed by atoms with van der Waals surface area (Å²) in [4.78, 5) is 0. The van der Waals surface area contributed by atoms with E-state index in [0.717, 1.165) is 0 Å². The van der Waals surface area contributed by atoms with E-state index in [0.29, 0.717) is 5.56 Å². The van der Waals surface area contributed by atoms with E-state index in [-0.39, 0.29) is 68.2 Å². The van der Waals surface area contributed by atoms with Gasteiger partial charge in [0, 0.05) is 18.5 Å². The van der Waals surface area contributed by atoms with Gasteiger partial charge >= 0.3 is 0 Å². The molecule has 0 heterocycles. The van der Waals surface area contributed by atoms with Crippen molar-refractivity contribution in [1.29, 1.82) is 0 Å². The lowest BCUT2D eigenvalue weighted by Gasteiger charge is -2.32. The van der Waals surface area contributed by atoms with Gasteiger partial charge in [-0.2, -0.15) is 0 Å². The lowest BCUT2D eigenvalue weighted by atomic mass is 9.57. The predicted octanol–water partition coefficient (Wildman–Crippen LogP) is -4.78. The number of rotatable bonds is 8. The minimum Gasteiger partial charge on any atom is -0.391 e. The topological polar surface area (TPSA) is 32.3 Å². The summed E-state index contributed by atoms with van der Waals surface area (Å²) in [5, 5.41) is 14.1. The Morgan fingerprint density at radius 1 is 0.900 bits per heavy atom. The third kappa shape index (κ3) is 6.15. The summed E-state index contributed by atoms with van der Waals surface area (Å²) in [6.07, 6.45) is 4.28. The molecule has 130 valence electrons. The van der Waals surface area contributed by atoms with Crippen molar-refractivity contribution in [3.8, 4) is 12.3 Å². The first-order valence-corrected chi connectivity index (χ1v) is 9.23. The lowest BCUT2D eigenvalue weighted by molar-refractivity contribution is 0.139. The molecule has 1 aromatic rings. The monoisotopic (exact) mass is 373 g/mol. The van der Waals surface area contributed by atoms with Crippen LogP contribution >= 0.6 is 0 Å². The predicted molar refractivity (Wildman–Crippen MR) is 136 cm³/mol. The molecule has 0 bridgehead atoms. The zero-order valence-corrected chi connectivity index (χ0v) is 17.4. The number of benzene rings is 1. The van der Waals surface area contributed by atoms with Gasteiger partial charge < -0.3 is 10.4 Å². The number of terminal acetylenes is 1. The first-order chi connectivity index (χ1) is 13.8. The SMILES string of the molecule is [B]/C(C#C)=C([B])/C([B])=C(/[B])CC(c1c([B])c([B])c([B])c([B])c1[B])C(O)CNC(C)C. The zero-order valence-electron chi connectivity index (χ0n) is 17.4. The van der Waals surface area contributed by atoms with Gasteiger partial charge in [-0.05, 0) is 6.42 Å². The van der Waals surface area contributed by atoms with Crippen molar-refractivity contribution in [2.24, 2.45) is 0 Å². The summed E-state index contributed by atoms with van der Waals surface area (Å²) in [6, 6.07) is 0.114. The highest BCUT2D eigenvalue weighted by atomic mass is 16.3. The van der Waals surface area contributed by atoms with Gasteiger partial charge in [0.1, 0.15) is 70.6 Å². The number of nitrogens with one attached hydrogen (secondary N) is 1. The van der Waals surface area contributed by atoms with Crippen molar-refractivity contribution in [2.75, 3.05) is 6.54 Å². The molecule has 1 rings (SSSR count). The molecular weight excluding hydrogens is 356 g/mol. The van der Waals surface area contributed by atoms with Crippen LogP contribution in [0, 0.1) is 12.3 Å². The van der Waals surface area contributed by atoms with Crippen LogP contribution in [0.25, 0.3) is 0 Å². The van der Waals surface area contributed by atoms with Gasteiger partial charge in [-0.3, -0.25) is 0 Å². The fourth-order valence-corrected chi connectivity index (χ4v) is 2.94. The number of aliphatic hydroxyl groups excluding tert-OH is 1. The van der Waals surface area contributed by atoms with Crippen molar-refractivity contribution in [2.45, 2.75) is 38.3 Å². The summed E-state index contributed by atoms with van der Waals surface area (Å²) >= 11 is 0. The minimum absolute atomic E-state index is 0.00648. The fourth-order valence-electron chi connectivity index (χ4n) is 2.94. The number of allylic oxidation sites excluding steroid dienone is 4. The molecule has 18 radical (unpaired) electrons. The maximum atomic E-state index is 10.9. The van der Waals surface area contributed by atoms with Crippen LogP contribution in [0.1, 0.15) is 31.7 Å². The fraction of sp³-hybridized carbons (Fsp3) is 0.368. The second-order valence-corrected chi connectivity index (χ2v) is 7.33. The lowest BCUT2D eigenvalue weighted by Crippen LogP contribution is -2.57.